The minimum atomic E-state index is -0.400. The molecule has 2 heterocycles. The summed E-state index contributed by atoms with van der Waals surface area (Å²) < 4.78 is 62.7. The third-order valence-corrected chi connectivity index (χ3v) is 11.2. The monoisotopic (exact) mass is 689 g/mol. The van der Waals surface area contributed by atoms with Gasteiger partial charge in [-0.05, 0) is 93.0 Å². The highest BCUT2D eigenvalue weighted by molar-refractivity contribution is 7.25. The fourth-order valence-corrected chi connectivity index (χ4v) is 8.41. The second-order valence-corrected chi connectivity index (χ2v) is 14.7. The summed E-state index contributed by atoms with van der Waals surface area (Å²) in [4.78, 5) is 10.3. The summed E-state index contributed by atoms with van der Waals surface area (Å²) >= 11 is 1.03. The van der Waals surface area contributed by atoms with E-state index >= 15 is 0 Å². The molecule has 0 unspecified atom stereocenters. The highest BCUT2D eigenvalue weighted by atomic mass is 32.1. The Morgan fingerprint density at radius 1 is 0.481 bits per heavy atom. The maximum Gasteiger partial charge on any atom is 0.160 e. The summed E-state index contributed by atoms with van der Waals surface area (Å²) in [7, 11) is 0. The predicted molar refractivity (Wildman–Crippen MR) is 220 cm³/mol. The Balaban J connectivity index is 1.23. The normalized spacial score (nSPS) is 14.8. The van der Waals surface area contributed by atoms with Crippen LogP contribution in [0, 0.1) is 0 Å². The van der Waals surface area contributed by atoms with Crippen LogP contribution in [0.4, 0.5) is 0 Å². The zero-order valence-corrected chi connectivity index (χ0v) is 29.2. The van der Waals surface area contributed by atoms with Gasteiger partial charge in [-0.2, -0.15) is 0 Å². The van der Waals surface area contributed by atoms with E-state index in [1.54, 1.807) is 0 Å². The van der Waals surface area contributed by atoms with Crippen molar-refractivity contribution in [3.8, 4) is 67.3 Å². The number of hydrogen-bond donors (Lipinski definition) is 0. The molecular formula is C49H34N2S. The van der Waals surface area contributed by atoms with Crippen molar-refractivity contribution in [3.63, 3.8) is 0 Å². The van der Waals surface area contributed by atoms with E-state index in [-0.39, 0.29) is 62.7 Å². The fourth-order valence-electron chi connectivity index (χ4n) is 7.49. The summed E-state index contributed by atoms with van der Waals surface area (Å²) in [6, 6.07) is 41.1. The first-order chi connectivity index (χ1) is 28.4. The van der Waals surface area contributed by atoms with Crippen molar-refractivity contribution in [2.75, 3.05) is 0 Å². The topological polar surface area (TPSA) is 25.8 Å². The van der Waals surface area contributed by atoms with Crippen LogP contribution in [0.25, 0.3) is 87.5 Å². The van der Waals surface area contributed by atoms with Gasteiger partial charge in [0.2, 0.25) is 0 Å². The van der Waals surface area contributed by atoms with Gasteiger partial charge in [-0.25, -0.2) is 9.97 Å². The van der Waals surface area contributed by atoms with Gasteiger partial charge in [-0.3, -0.25) is 0 Å². The Morgan fingerprint density at radius 3 is 1.92 bits per heavy atom. The maximum atomic E-state index is 9.61. The zero-order chi connectivity index (χ0) is 40.9. The van der Waals surface area contributed by atoms with Crippen molar-refractivity contribution in [2.24, 2.45) is 0 Å². The number of rotatable bonds is 5. The number of fused-ring (bicyclic) bond motifs is 6. The first-order valence-electron chi connectivity index (χ1n) is 20.7. The highest BCUT2D eigenvalue weighted by Crippen LogP contribution is 2.49. The molecule has 0 radical (unpaired) electrons. The van der Waals surface area contributed by atoms with Crippen molar-refractivity contribution in [1.29, 1.82) is 0 Å². The van der Waals surface area contributed by atoms with Gasteiger partial charge in [0.25, 0.3) is 0 Å². The van der Waals surface area contributed by atoms with Gasteiger partial charge in [-0.1, -0.05) is 135 Å². The minimum Gasteiger partial charge on any atom is -0.228 e. The molecule has 0 fully saturated rings. The second-order valence-electron chi connectivity index (χ2n) is 13.7. The van der Waals surface area contributed by atoms with Crippen molar-refractivity contribution in [1.82, 2.24) is 9.97 Å². The Hall–Kier alpha value is -6.16. The number of thiophene rings is 1. The largest absolute Gasteiger partial charge is 0.228 e. The van der Waals surface area contributed by atoms with Crippen LogP contribution in [-0.4, -0.2) is 9.97 Å². The lowest BCUT2D eigenvalue weighted by molar-refractivity contribution is 0.660. The predicted octanol–water partition coefficient (Wildman–Crippen LogP) is 13.5. The minimum absolute atomic E-state index is 0.0662. The number of aromatic nitrogens is 2. The highest BCUT2D eigenvalue weighted by Gasteiger charge is 2.35. The van der Waals surface area contributed by atoms with Crippen LogP contribution in [-0.2, 0) is 5.41 Å². The van der Waals surface area contributed by atoms with E-state index in [1.807, 2.05) is 84.9 Å². The zero-order valence-electron chi connectivity index (χ0n) is 35.4. The molecule has 7 aromatic carbocycles. The third-order valence-electron chi connectivity index (χ3n) is 10.1. The summed E-state index contributed by atoms with van der Waals surface area (Å²) in [5, 5.41) is 0.445. The molecule has 0 atom stereocenters. The quantitative estimate of drug-likeness (QED) is 0.180. The van der Waals surface area contributed by atoms with Crippen molar-refractivity contribution >= 4 is 31.5 Å². The number of hydrogen-bond acceptors (Lipinski definition) is 3. The van der Waals surface area contributed by atoms with Crippen LogP contribution >= 0.6 is 11.3 Å². The summed E-state index contributed by atoms with van der Waals surface area (Å²) in [5.74, 6) is 0.545. The van der Waals surface area contributed by atoms with Crippen LogP contribution in [0.15, 0.2) is 170 Å². The van der Waals surface area contributed by atoms with Crippen LogP contribution < -0.4 is 0 Å². The smallest absolute Gasteiger partial charge is 0.160 e. The molecule has 52 heavy (non-hydrogen) atoms. The Morgan fingerprint density at radius 2 is 1.12 bits per heavy atom. The molecule has 246 valence electrons. The fraction of sp³-hybridized carbons (Fsp3) is 0.0612. The molecule has 0 amide bonds. The SMILES string of the molecule is [2H]c1c([2H])c([2H])c2c(sc3c([2H])c([2H])c(-c4cc(-c5ccccc5)cc(-c5cc(-c6ccc7c(c6)C(C)(C)c6ccccc6-7)nc(-c6ccccc6)n5)c4)c([2H])c32)c1[2H]. The van der Waals surface area contributed by atoms with Gasteiger partial charge in [-0.15, -0.1) is 11.3 Å². The van der Waals surface area contributed by atoms with Gasteiger partial charge >= 0.3 is 0 Å². The lowest BCUT2D eigenvalue weighted by Crippen LogP contribution is -2.14. The first kappa shape index (κ1) is 24.1. The van der Waals surface area contributed by atoms with Crippen molar-refractivity contribution in [2.45, 2.75) is 19.3 Å². The number of benzene rings is 7. The first-order valence-corrected chi connectivity index (χ1v) is 18.1. The summed E-state index contributed by atoms with van der Waals surface area (Å²) in [6.07, 6.45) is 0. The average Bonchev–Trinajstić information content (AvgIpc) is 3.78. The Labute approximate surface area is 317 Å². The molecule has 9 aromatic rings. The van der Waals surface area contributed by atoms with Gasteiger partial charge in [0.15, 0.2) is 5.82 Å². The van der Waals surface area contributed by atoms with E-state index in [0.717, 1.165) is 44.8 Å². The molecule has 0 bridgehead atoms. The summed E-state index contributed by atoms with van der Waals surface area (Å²) in [6.45, 7) is 4.52. The van der Waals surface area contributed by atoms with Gasteiger partial charge in [0, 0.05) is 42.3 Å². The van der Waals surface area contributed by atoms with E-state index < -0.39 is 6.04 Å². The molecule has 3 heteroatoms. The van der Waals surface area contributed by atoms with E-state index in [0.29, 0.717) is 21.8 Å². The van der Waals surface area contributed by atoms with Crippen LogP contribution in [0.1, 0.15) is 34.6 Å². The molecule has 2 nitrogen and oxygen atoms in total. The summed E-state index contributed by atoms with van der Waals surface area (Å²) in [5.41, 5.74) is 11.1. The van der Waals surface area contributed by atoms with Crippen molar-refractivity contribution < 1.29 is 9.60 Å². The molecule has 2 aromatic heterocycles. The molecule has 1 aliphatic carbocycles. The number of nitrogens with zero attached hydrogens (tertiary/aromatic N) is 2. The molecule has 0 aliphatic heterocycles. The van der Waals surface area contributed by atoms with E-state index in [1.165, 1.54) is 22.3 Å². The van der Waals surface area contributed by atoms with Crippen molar-refractivity contribution in [3.05, 3.63) is 181 Å². The van der Waals surface area contributed by atoms with Gasteiger partial charge in [0.1, 0.15) is 0 Å². The standard InChI is InChI=1S/C49H34N2S/c1-49(2)42-19-11-9-17-38(42)39-23-21-34(29-43(39)49)44-30-45(51-48(50-44)32-15-7-4-8-16-32)37-26-35(31-13-5-3-6-14-31)25-36(27-37)33-22-24-47-41(28-33)40-18-10-12-20-46(40)52-47/h3-30H,1-2H3/i10D,12D,18D,20D,22D,24D,28D. The van der Waals surface area contributed by atoms with Crippen LogP contribution in [0.3, 0.4) is 0 Å². The van der Waals surface area contributed by atoms with E-state index in [9.17, 15) is 2.74 Å². The Bertz CT molecular complexity index is 3210. The molecule has 0 spiro atoms. The third kappa shape index (κ3) is 5.08. The van der Waals surface area contributed by atoms with E-state index in [4.69, 9.17) is 16.8 Å². The average molecular weight is 690 g/mol. The second kappa shape index (κ2) is 12.0. The van der Waals surface area contributed by atoms with Crippen LogP contribution in [0.2, 0.25) is 0 Å². The molecular weight excluding hydrogens is 649 g/mol. The van der Waals surface area contributed by atoms with Gasteiger partial charge in [0.05, 0.1) is 21.0 Å². The molecule has 10 rings (SSSR count). The lowest BCUT2D eigenvalue weighted by atomic mass is 9.82. The molecule has 1 aliphatic rings. The van der Waals surface area contributed by atoms with E-state index in [2.05, 4.69) is 56.3 Å². The lowest BCUT2D eigenvalue weighted by Gasteiger charge is -2.22. The maximum absolute atomic E-state index is 9.61. The van der Waals surface area contributed by atoms with Crippen LogP contribution in [0.5, 0.6) is 0 Å². The molecule has 0 saturated carbocycles. The molecule has 0 saturated heterocycles. The molecule has 0 N–H and O–H groups in total. The Kier molecular flexibility index (Phi) is 5.55. The van der Waals surface area contributed by atoms with Gasteiger partial charge < -0.3 is 0 Å².